The van der Waals surface area contributed by atoms with Gasteiger partial charge in [0, 0.05) is 56.9 Å². The minimum Gasteiger partial charge on any atom is -0.314 e. The molecule has 1 N–H and O–H groups in total. The lowest BCUT2D eigenvalue weighted by molar-refractivity contribution is 0.0695. The molecule has 0 radical (unpaired) electrons. The number of nitrogens with one attached hydrogen (secondary N) is 1. The van der Waals surface area contributed by atoms with Crippen molar-refractivity contribution in [3.05, 3.63) is 34.3 Å². The first-order valence-corrected chi connectivity index (χ1v) is 7.52. The van der Waals surface area contributed by atoms with Gasteiger partial charge in [-0.25, -0.2) is 0 Å². The molecule has 0 atom stereocenters. The van der Waals surface area contributed by atoms with Crippen LogP contribution in [0, 0.1) is 6.92 Å². The molecular formula is C15H22ClN3. The summed E-state index contributed by atoms with van der Waals surface area (Å²) in [4.78, 5) is 5.18. The summed E-state index contributed by atoms with van der Waals surface area (Å²) in [5.41, 5.74) is 2.71. The fourth-order valence-electron chi connectivity index (χ4n) is 2.90. The smallest absolute Gasteiger partial charge is 0.0408 e. The summed E-state index contributed by atoms with van der Waals surface area (Å²) in [6.07, 6.45) is 0. The Kier molecular flexibility index (Phi) is 4.08. The zero-order chi connectivity index (χ0) is 13.2. The van der Waals surface area contributed by atoms with Crippen molar-refractivity contribution in [1.82, 2.24) is 15.1 Å². The highest BCUT2D eigenvalue weighted by Gasteiger charge is 2.27. The number of benzene rings is 1. The van der Waals surface area contributed by atoms with E-state index in [1.165, 1.54) is 50.4 Å². The fourth-order valence-corrected chi connectivity index (χ4v) is 3.12. The van der Waals surface area contributed by atoms with Crippen LogP contribution in [0.15, 0.2) is 18.2 Å². The van der Waals surface area contributed by atoms with Gasteiger partial charge in [0.05, 0.1) is 0 Å². The minimum atomic E-state index is 0.791. The van der Waals surface area contributed by atoms with Crippen molar-refractivity contribution in [3.8, 4) is 0 Å². The zero-order valence-electron chi connectivity index (χ0n) is 11.5. The molecule has 2 aliphatic rings. The summed E-state index contributed by atoms with van der Waals surface area (Å²) in [6.45, 7) is 10.3. The lowest BCUT2D eigenvalue weighted by Crippen LogP contribution is -2.61. The average Bonchev–Trinajstić information content (AvgIpc) is 2.33. The highest BCUT2D eigenvalue weighted by atomic mass is 35.5. The van der Waals surface area contributed by atoms with Crippen LogP contribution in [0.3, 0.4) is 0 Å². The number of hydrogen-bond donors (Lipinski definition) is 1. The largest absolute Gasteiger partial charge is 0.314 e. The molecule has 0 amide bonds. The maximum Gasteiger partial charge on any atom is 0.0408 e. The second-order valence-electron chi connectivity index (χ2n) is 5.69. The van der Waals surface area contributed by atoms with E-state index in [0.717, 1.165) is 17.6 Å². The van der Waals surface area contributed by atoms with Crippen LogP contribution >= 0.6 is 11.6 Å². The number of rotatable bonds is 3. The molecule has 104 valence electrons. The Balaban J connectivity index is 1.54. The van der Waals surface area contributed by atoms with Crippen LogP contribution in [0.2, 0.25) is 5.02 Å². The van der Waals surface area contributed by atoms with E-state index in [2.05, 4.69) is 34.2 Å². The van der Waals surface area contributed by atoms with Crippen molar-refractivity contribution < 1.29 is 0 Å². The van der Waals surface area contributed by atoms with Crippen molar-refractivity contribution in [2.24, 2.45) is 0 Å². The summed E-state index contributed by atoms with van der Waals surface area (Å²) < 4.78 is 0. The average molecular weight is 280 g/mol. The second-order valence-corrected chi connectivity index (χ2v) is 6.13. The van der Waals surface area contributed by atoms with Crippen molar-refractivity contribution >= 4 is 11.6 Å². The number of nitrogens with zero attached hydrogens (tertiary/aromatic N) is 2. The van der Waals surface area contributed by atoms with E-state index >= 15 is 0 Å². The van der Waals surface area contributed by atoms with E-state index in [-0.39, 0.29) is 0 Å². The van der Waals surface area contributed by atoms with E-state index in [1.807, 2.05) is 6.07 Å². The van der Waals surface area contributed by atoms with Gasteiger partial charge < -0.3 is 5.32 Å². The van der Waals surface area contributed by atoms with Crippen molar-refractivity contribution in [2.45, 2.75) is 19.5 Å². The van der Waals surface area contributed by atoms with Crippen molar-refractivity contribution in [1.29, 1.82) is 0 Å². The molecule has 2 fully saturated rings. The van der Waals surface area contributed by atoms with Crippen LogP contribution in [-0.2, 0) is 6.54 Å². The van der Waals surface area contributed by atoms with Gasteiger partial charge in [0.2, 0.25) is 0 Å². The Bertz CT molecular complexity index is 437. The molecule has 2 aliphatic heterocycles. The molecule has 19 heavy (non-hydrogen) atoms. The molecule has 3 nitrogen and oxygen atoms in total. The van der Waals surface area contributed by atoms with E-state index in [1.54, 1.807) is 0 Å². The first-order valence-electron chi connectivity index (χ1n) is 7.14. The van der Waals surface area contributed by atoms with E-state index in [9.17, 15) is 0 Å². The van der Waals surface area contributed by atoms with E-state index in [4.69, 9.17) is 11.6 Å². The first kappa shape index (κ1) is 13.4. The normalized spacial score (nSPS) is 22.4. The molecule has 0 saturated carbocycles. The summed E-state index contributed by atoms with van der Waals surface area (Å²) in [5.74, 6) is 0. The van der Waals surface area contributed by atoms with Gasteiger partial charge in [0.25, 0.3) is 0 Å². The lowest BCUT2D eigenvalue weighted by atomic mass is 10.1. The Morgan fingerprint density at radius 2 is 1.95 bits per heavy atom. The quantitative estimate of drug-likeness (QED) is 0.909. The maximum absolute atomic E-state index is 6.01. The Morgan fingerprint density at radius 1 is 1.21 bits per heavy atom. The van der Waals surface area contributed by atoms with E-state index < -0.39 is 0 Å². The van der Waals surface area contributed by atoms with Gasteiger partial charge in [-0.2, -0.15) is 0 Å². The second kappa shape index (κ2) is 5.80. The van der Waals surface area contributed by atoms with Gasteiger partial charge in [-0.1, -0.05) is 17.7 Å². The summed E-state index contributed by atoms with van der Waals surface area (Å²) in [7, 11) is 0. The Hall–Kier alpha value is -0.610. The molecule has 0 aromatic heterocycles. The third kappa shape index (κ3) is 3.11. The van der Waals surface area contributed by atoms with Gasteiger partial charge >= 0.3 is 0 Å². The number of piperazine rings is 1. The van der Waals surface area contributed by atoms with Crippen molar-refractivity contribution in [3.63, 3.8) is 0 Å². The Labute approximate surface area is 120 Å². The molecular weight excluding hydrogens is 258 g/mol. The van der Waals surface area contributed by atoms with Crippen LogP contribution in [0.25, 0.3) is 0 Å². The van der Waals surface area contributed by atoms with Crippen molar-refractivity contribution in [2.75, 3.05) is 39.3 Å². The third-order valence-corrected chi connectivity index (χ3v) is 4.62. The highest BCUT2D eigenvalue weighted by molar-refractivity contribution is 6.30. The number of halogens is 1. The topological polar surface area (TPSA) is 18.5 Å². The van der Waals surface area contributed by atoms with Gasteiger partial charge in [-0.3, -0.25) is 9.80 Å². The van der Waals surface area contributed by atoms with Crippen LogP contribution in [-0.4, -0.2) is 55.1 Å². The first-order chi connectivity index (χ1) is 9.22. The van der Waals surface area contributed by atoms with E-state index in [0.29, 0.717) is 0 Å². The lowest BCUT2D eigenvalue weighted by Gasteiger charge is -2.43. The van der Waals surface area contributed by atoms with Crippen LogP contribution in [0.5, 0.6) is 0 Å². The predicted molar refractivity (Wildman–Crippen MR) is 79.7 cm³/mol. The van der Waals surface area contributed by atoms with Gasteiger partial charge in [-0.15, -0.1) is 0 Å². The van der Waals surface area contributed by atoms with Crippen LogP contribution in [0.1, 0.15) is 11.1 Å². The van der Waals surface area contributed by atoms with Crippen LogP contribution in [0.4, 0.5) is 0 Å². The maximum atomic E-state index is 6.01. The number of aryl methyl sites for hydroxylation is 1. The molecule has 3 rings (SSSR count). The monoisotopic (exact) mass is 279 g/mol. The Morgan fingerprint density at radius 3 is 2.53 bits per heavy atom. The van der Waals surface area contributed by atoms with Crippen LogP contribution < -0.4 is 5.32 Å². The SMILES string of the molecule is Cc1cc(Cl)ccc1CN1CCN(C2CNC2)CC1. The highest BCUT2D eigenvalue weighted by Crippen LogP contribution is 2.18. The summed E-state index contributed by atoms with van der Waals surface area (Å²) in [6, 6.07) is 7.02. The zero-order valence-corrected chi connectivity index (χ0v) is 12.3. The molecule has 1 aromatic rings. The molecule has 2 saturated heterocycles. The number of hydrogen-bond acceptors (Lipinski definition) is 3. The van der Waals surface area contributed by atoms with Gasteiger partial charge in [-0.05, 0) is 30.2 Å². The molecule has 1 aromatic carbocycles. The summed E-state index contributed by atoms with van der Waals surface area (Å²) >= 11 is 6.01. The van der Waals surface area contributed by atoms with Gasteiger partial charge in [0.15, 0.2) is 0 Å². The van der Waals surface area contributed by atoms with Gasteiger partial charge in [0.1, 0.15) is 0 Å². The molecule has 2 heterocycles. The third-order valence-electron chi connectivity index (χ3n) is 4.38. The fraction of sp³-hybridized carbons (Fsp3) is 0.600. The minimum absolute atomic E-state index is 0.791. The molecule has 0 unspecified atom stereocenters. The molecule has 0 bridgehead atoms. The summed E-state index contributed by atoms with van der Waals surface area (Å²) in [5, 5.41) is 4.19. The predicted octanol–water partition coefficient (Wildman–Crippen LogP) is 1.74. The molecule has 0 spiro atoms. The standard InChI is InChI=1S/C15H22ClN3/c1-12-8-14(16)3-2-13(12)11-18-4-6-19(7-5-18)15-9-17-10-15/h2-3,8,15,17H,4-7,9-11H2,1H3. The molecule has 4 heteroatoms. The molecule has 0 aliphatic carbocycles.